The van der Waals surface area contributed by atoms with Crippen LogP contribution in [0.4, 0.5) is 5.69 Å². The number of phenols is 1. The predicted molar refractivity (Wildman–Crippen MR) is 323 cm³/mol. The van der Waals surface area contributed by atoms with Crippen LogP contribution in [-0.2, 0) is 33.5 Å². The van der Waals surface area contributed by atoms with Crippen LogP contribution in [-0.4, -0.2) is 230 Å². The number of rotatable bonds is 18. The maximum absolute atomic E-state index is 14.8. The summed E-state index contributed by atoms with van der Waals surface area (Å²) in [7, 11) is 5.53. The molecule has 3 aliphatic rings. The highest BCUT2D eigenvalue weighted by Crippen LogP contribution is 2.30. The van der Waals surface area contributed by atoms with Crippen LogP contribution in [0.25, 0.3) is 22.3 Å². The number of carbonyl (C=O) groups excluding carboxylic acids is 7. The number of fused-ring (bicyclic) bond motifs is 2. The molecule has 3 fully saturated rings. The standard InChI is InChI=1S/C63H85N9O16/c1-8-9-10-27-64-43-23-19-40(20-24-43)38-13-11-37(12-14-38)39-15-17-42(18-16-39)56(81)65-46-31-48(77)61(88-29-28-72(5,6)7)69-60(85)52-53(78)34(2)32-71(52)63(87)50(36(4)74)67-59(84)51(55(80)54(79)41-21-25-44(75)26-22-41)68-58(83)47-30-45(76)33-70(47)62(86)49(35(3)73)66-57(46)82/h11-26,34-36,45-55,61,73-74,76-80H,8-10,27-33H2,1-7H3,(H6-,64,65,66,67,68,69,75,81,82,83,84,85)/p+1/t34-,35+,36+,45+,46-,47-,48+,49-,50-,51-,52-,53-,54-,55-,61+/m0/s1. The van der Waals surface area contributed by atoms with Gasteiger partial charge in [0, 0.05) is 49.6 Å². The molecule has 0 spiro atoms. The van der Waals surface area contributed by atoms with Crippen LogP contribution in [0.5, 0.6) is 5.75 Å². The minimum Gasteiger partial charge on any atom is -0.508 e. The highest BCUT2D eigenvalue weighted by molar-refractivity contribution is 6.00. The highest BCUT2D eigenvalue weighted by atomic mass is 16.5. The van der Waals surface area contributed by atoms with Crippen molar-refractivity contribution in [3.05, 3.63) is 108 Å². The van der Waals surface area contributed by atoms with E-state index in [0.717, 1.165) is 77.4 Å². The molecule has 0 saturated carbocycles. The van der Waals surface area contributed by atoms with E-state index in [0.29, 0.717) is 4.48 Å². The number of anilines is 1. The quantitative estimate of drug-likeness (QED) is 0.0455. The van der Waals surface area contributed by atoms with Gasteiger partial charge in [-0.05, 0) is 84.5 Å². The zero-order chi connectivity index (χ0) is 64.3. The second-order valence-corrected chi connectivity index (χ2v) is 24.3. The van der Waals surface area contributed by atoms with Gasteiger partial charge in [0.1, 0.15) is 66.9 Å². The Hall–Kier alpha value is -7.59. The summed E-state index contributed by atoms with van der Waals surface area (Å²) < 4.78 is 6.44. The number of aromatic hydroxyl groups is 1. The Morgan fingerprint density at radius 2 is 1.19 bits per heavy atom. The van der Waals surface area contributed by atoms with Gasteiger partial charge in [0.15, 0.2) is 6.23 Å². The van der Waals surface area contributed by atoms with Gasteiger partial charge < -0.3 is 91.8 Å². The summed E-state index contributed by atoms with van der Waals surface area (Å²) in [5.74, 6) is -9.01. The molecular formula is C63H86N9O16+. The summed E-state index contributed by atoms with van der Waals surface area (Å²) in [5, 5.41) is 106. The average Bonchev–Trinajstić information content (AvgIpc) is 2.08. The van der Waals surface area contributed by atoms with E-state index in [1.54, 1.807) is 12.1 Å². The SMILES string of the molecule is CCCCCNc1ccc(-c2ccc(-c3ccc(C(=O)N[C@H]4C[C@@H](O)[C@@H](OCC[N+](C)(C)C)NC(=O)[C@@H]5[C@@H](O)[C@@H](C)CN5C(=O)[C@H]([C@@H](C)O)NC(=O)[C@H]([C@H](O)[C@@H](O)c5ccc(O)cc5)NC(=O)[C@@H]5C[C@@H](O)CN5C(=O)[C@H]([C@@H](C)O)NC4=O)cc3)cc2)cc1. The first-order chi connectivity index (χ1) is 41.6. The van der Waals surface area contributed by atoms with Gasteiger partial charge in [-0.3, -0.25) is 33.6 Å². The summed E-state index contributed by atoms with van der Waals surface area (Å²) >= 11 is 0. The number of nitrogens with zero attached hydrogens (tertiary/aromatic N) is 3. The Morgan fingerprint density at radius 3 is 1.75 bits per heavy atom. The fraction of sp³-hybridized carbons (Fsp3) is 0.508. The molecule has 25 nitrogen and oxygen atoms in total. The zero-order valence-corrected chi connectivity index (χ0v) is 50.7. The Morgan fingerprint density at radius 1 is 0.659 bits per heavy atom. The summed E-state index contributed by atoms with van der Waals surface area (Å²) in [5.41, 5.74) is 4.61. The van der Waals surface area contributed by atoms with Gasteiger partial charge >= 0.3 is 0 Å². The minimum absolute atomic E-state index is 0.0529. The zero-order valence-electron chi connectivity index (χ0n) is 50.7. The van der Waals surface area contributed by atoms with Gasteiger partial charge in [-0.2, -0.15) is 0 Å². The molecule has 7 rings (SSSR count). The summed E-state index contributed by atoms with van der Waals surface area (Å²) in [6.45, 7) is 6.09. The minimum atomic E-state index is -2.29. The molecule has 478 valence electrons. The van der Waals surface area contributed by atoms with E-state index < -0.39 is 152 Å². The highest BCUT2D eigenvalue weighted by Gasteiger charge is 2.50. The summed E-state index contributed by atoms with van der Waals surface area (Å²) in [6, 6.07) is 15.7. The van der Waals surface area contributed by atoms with Crippen molar-refractivity contribution >= 4 is 47.0 Å². The number of quaternary nitrogens is 1. The topological polar surface area (TPSA) is 369 Å². The van der Waals surface area contributed by atoms with E-state index in [9.17, 15) is 74.4 Å². The molecule has 3 aliphatic heterocycles. The van der Waals surface area contributed by atoms with E-state index in [-0.39, 0.29) is 36.6 Å². The first-order valence-corrected chi connectivity index (χ1v) is 29.8. The van der Waals surface area contributed by atoms with Crippen molar-refractivity contribution in [3.63, 3.8) is 0 Å². The molecule has 0 radical (unpaired) electrons. The normalized spacial score (nSPS) is 26.7. The van der Waals surface area contributed by atoms with Crippen LogP contribution in [0.2, 0.25) is 0 Å². The van der Waals surface area contributed by atoms with Crippen molar-refractivity contribution in [1.29, 1.82) is 0 Å². The average molecular weight is 1230 g/mol. The molecular weight excluding hydrogens is 1140 g/mol. The largest absolute Gasteiger partial charge is 0.508 e. The van der Waals surface area contributed by atoms with Crippen LogP contribution in [0.15, 0.2) is 97.1 Å². The number of phenolic OH excluding ortho intramolecular Hbond substituents is 1. The van der Waals surface area contributed by atoms with Gasteiger partial charge in [-0.25, -0.2) is 0 Å². The molecule has 3 saturated heterocycles. The lowest BCUT2D eigenvalue weighted by molar-refractivity contribution is -0.870. The third kappa shape index (κ3) is 17.2. The van der Waals surface area contributed by atoms with Crippen molar-refractivity contribution in [2.24, 2.45) is 5.92 Å². The van der Waals surface area contributed by atoms with Crippen molar-refractivity contribution in [3.8, 4) is 28.0 Å². The number of ether oxygens (including phenoxy) is 1. The van der Waals surface area contributed by atoms with Gasteiger partial charge in [-0.1, -0.05) is 87.4 Å². The molecule has 0 bridgehead atoms. The smallest absolute Gasteiger partial charge is 0.251 e. The number of aliphatic hydroxyl groups is 7. The first kappa shape index (κ1) is 67.9. The molecule has 4 aromatic rings. The Bertz CT molecular complexity index is 3040. The lowest BCUT2D eigenvalue weighted by atomic mass is 9.96. The molecule has 25 heteroatoms. The van der Waals surface area contributed by atoms with Crippen LogP contribution in [0.3, 0.4) is 0 Å². The van der Waals surface area contributed by atoms with E-state index >= 15 is 0 Å². The second kappa shape index (κ2) is 30.1. The van der Waals surface area contributed by atoms with E-state index in [4.69, 9.17) is 4.74 Å². The van der Waals surface area contributed by atoms with Gasteiger partial charge in [0.05, 0.1) is 52.2 Å². The van der Waals surface area contributed by atoms with Gasteiger partial charge in [0.25, 0.3) is 5.91 Å². The third-order valence-corrected chi connectivity index (χ3v) is 16.2. The number of carbonyl (C=O) groups is 7. The molecule has 14 N–H and O–H groups in total. The van der Waals surface area contributed by atoms with Crippen molar-refractivity contribution in [1.82, 2.24) is 36.4 Å². The number of hydrogen-bond donors (Lipinski definition) is 14. The molecule has 0 unspecified atom stereocenters. The Kier molecular flexibility index (Phi) is 23.2. The molecule has 0 aromatic heterocycles. The first-order valence-electron chi connectivity index (χ1n) is 29.8. The number of hydrogen-bond acceptors (Lipinski definition) is 17. The number of unbranched alkanes of at least 4 members (excludes halogenated alkanes) is 2. The van der Waals surface area contributed by atoms with E-state index in [2.05, 4.69) is 38.8 Å². The van der Waals surface area contributed by atoms with Crippen molar-refractivity contribution < 1.29 is 83.6 Å². The number of amides is 7. The second-order valence-electron chi connectivity index (χ2n) is 24.3. The molecule has 0 aliphatic carbocycles. The van der Waals surface area contributed by atoms with E-state index in [1.165, 1.54) is 43.3 Å². The molecule has 15 atom stereocenters. The monoisotopic (exact) mass is 1220 g/mol. The number of likely N-dealkylation sites (N-methyl/N-ethyl adjacent to an activating group) is 1. The number of aliphatic hydroxyl groups excluding tert-OH is 7. The maximum Gasteiger partial charge on any atom is 0.251 e. The van der Waals surface area contributed by atoms with Crippen LogP contribution < -0.4 is 31.9 Å². The molecule has 3 heterocycles. The van der Waals surface area contributed by atoms with Crippen LogP contribution in [0, 0.1) is 5.92 Å². The van der Waals surface area contributed by atoms with Crippen molar-refractivity contribution in [2.75, 3.05) is 59.2 Å². The maximum atomic E-state index is 14.8. The summed E-state index contributed by atoms with van der Waals surface area (Å²) in [4.78, 5) is 104. The molecule has 4 aromatic carbocycles. The third-order valence-electron chi connectivity index (χ3n) is 16.2. The number of benzene rings is 4. The van der Waals surface area contributed by atoms with E-state index in [1.807, 2.05) is 69.7 Å². The van der Waals surface area contributed by atoms with Gasteiger partial charge in [0.2, 0.25) is 35.4 Å². The predicted octanol–water partition coefficient (Wildman–Crippen LogP) is -0.163. The fourth-order valence-electron chi connectivity index (χ4n) is 10.9. The fourth-order valence-corrected chi connectivity index (χ4v) is 10.9. The molecule has 88 heavy (non-hydrogen) atoms. The number of nitrogens with one attached hydrogen (secondary N) is 6. The lowest BCUT2D eigenvalue weighted by Gasteiger charge is -2.34. The van der Waals surface area contributed by atoms with Gasteiger partial charge in [-0.15, -0.1) is 0 Å². The van der Waals surface area contributed by atoms with Crippen LogP contribution in [0.1, 0.15) is 81.8 Å². The Labute approximate surface area is 511 Å². The van der Waals surface area contributed by atoms with Crippen LogP contribution >= 0.6 is 0 Å². The molecule has 7 amide bonds. The lowest BCUT2D eigenvalue weighted by Crippen LogP contribution is -2.64. The Balaban J connectivity index is 1.23. The summed E-state index contributed by atoms with van der Waals surface area (Å²) in [6.07, 6.45) is -12.4. The van der Waals surface area contributed by atoms with Crippen molar-refractivity contribution in [2.45, 2.75) is 145 Å².